The Bertz CT molecular complexity index is 496. The Morgan fingerprint density at radius 3 is 2.83 bits per heavy atom. The molecule has 1 aromatic rings. The zero-order chi connectivity index (χ0) is 15.2. The molecular formula is C15H25BrCl2N4O. The maximum atomic E-state index is 12.3. The molecular weight excluding hydrogens is 403 g/mol. The molecule has 1 fully saturated rings. The minimum absolute atomic E-state index is 0. The van der Waals surface area contributed by atoms with Crippen molar-refractivity contribution >= 4 is 52.5 Å². The molecule has 1 aliphatic heterocycles. The van der Waals surface area contributed by atoms with Crippen LogP contribution < -0.4 is 15.5 Å². The quantitative estimate of drug-likeness (QED) is 0.758. The fourth-order valence-corrected chi connectivity index (χ4v) is 2.94. The van der Waals surface area contributed by atoms with Gasteiger partial charge in [-0.15, -0.1) is 24.8 Å². The average Bonchev–Trinajstić information content (AvgIpc) is 2.47. The van der Waals surface area contributed by atoms with Crippen LogP contribution in [0.5, 0.6) is 0 Å². The van der Waals surface area contributed by atoms with Crippen LogP contribution in [-0.2, 0) is 0 Å². The summed E-state index contributed by atoms with van der Waals surface area (Å²) in [7, 11) is 3.78. The number of amides is 1. The van der Waals surface area contributed by atoms with Gasteiger partial charge < -0.3 is 15.5 Å². The normalized spacial score (nSPS) is 16.7. The molecule has 5 nitrogen and oxygen atoms in total. The van der Waals surface area contributed by atoms with Gasteiger partial charge in [-0.1, -0.05) is 0 Å². The van der Waals surface area contributed by atoms with Crippen molar-refractivity contribution in [2.75, 3.05) is 38.6 Å². The Morgan fingerprint density at radius 2 is 2.22 bits per heavy atom. The number of aromatic nitrogens is 1. The highest BCUT2D eigenvalue weighted by atomic mass is 79.9. The molecule has 0 radical (unpaired) electrons. The molecule has 2 heterocycles. The van der Waals surface area contributed by atoms with Gasteiger partial charge in [-0.3, -0.25) is 4.79 Å². The highest BCUT2D eigenvalue weighted by Gasteiger charge is 2.16. The smallest absolute Gasteiger partial charge is 0.255 e. The molecule has 0 spiro atoms. The van der Waals surface area contributed by atoms with Crippen LogP contribution in [0.2, 0.25) is 0 Å². The number of halogens is 3. The van der Waals surface area contributed by atoms with Crippen molar-refractivity contribution in [3.63, 3.8) is 0 Å². The Balaban J connectivity index is 0.00000242. The van der Waals surface area contributed by atoms with Gasteiger partial charge >= 0.3 is 0 Å². The SMILES string of the molecule is CN(C)c1ncc(Br)cc1C(=O)NCCC1CCCNC1.Cl.Cl. The van der Waals surface area contributed by atoms with Gasteiger partial charge in [0.05, 0.1) is 5.56 Å². The maximum Gasteiger partial charge on any atom is 0.255 e. The van der Waals surface area contributed by atoms with Gasteiger partial charge in [0, 0.05) is 31.3 Å². The van der Waals surface area contributed by atoms with Crippen molar-refractivity contribution in [2.45, 2.75) is 19.3 Å². The summed E-state index contributed by atoms with van der Waals surface area (Å²) in [4.78, 5) is 18.5. The first-order valence-corrected chi connectivity index (χ1v) is 8.19. The molecule has 0 aliphatic carbocycles. The van der Waals surface area contributed by atoms with E-state index in [0.717, 1.165) is 24.0 Å². The van der Waals surface area contributed by atoms with Crippen molar-refractivity contribution in [3.8, 4) is 0 Å². The lowest BCUT2D eigenvalue weighted by molar-refractivity contribution is 0.0951. The number of anilines is 1. The molecule has 1 aliphatic rings. The van der Waals surface area contributed by atoms with Crippen LogP contribution in [0, 0.1) is 5.92 Å². The summed E-state index contributed by atoms with van der Waals surface area (Å²) in [6, 6.07) is 1.82. The molecule has 2 N–H and O–H groups in total. The van der Waals surface area contributed by atoms with Gasteiger partial charge in [0.1, 0.15) is 5.82 Å². The van der Waals surface area contributed by atoms with E-state index in [1.165, 1.54) is 12.8 Å². The summed E-state index contributed by atoms with van der Waals surface area (Å²) in [5.74, 6) is 1.30. The minimum atomic E-state index is -0.0590. The molecule has 0 saturated carbocycles. The lowest BCUT2D eigenvalue weighted by Crippen LogP contribution is -2.33. The molecule has 1 atom stereocenters. The Labute approximate surface area is 158 Å². The highest BCUT2D eigenvalue weighted by Crippen LogP contribution is 2.20. The number of pyridine rings is 1. The largest absolute Gasteiger partial charge is 0.362 e. The number of hydrogen-bond donors (Lipinski definition) is 2. The zero-order valence-electron chi connectivity index (χ0n) is 13.5. The van der Waals surface area contributed by atoms with Crippen molar-refractivity contribution in [1.29, 1.82) is 0 Å². The van der Waals surface area contributed by atoms with Crippen molar-refractivity contribution in [1.82, 2.24) is 15.6 Å². The predicted molar refractivity (Wildman–Crippen MR) is 103 cm³/mol. The molecule has 1 aromatic heterocycles. The number of carbonyl (C=O) groups is 1. The van der Waals surface area contributed by atoms with Gasteiger partial charge in [-0.2, -0.15) is 0 Å². The van der Waals surface area contributed by atoms with Crippen LogP contribution in [0.25, 0.3) is 0 Å². The first kappa shape index (κ1) is 22.4. The lowest BCUT2D eigenvalue weighted by atomic mass is 9.96. The van der Waals surface area contributed by atoms with Crippen LogP contribution in [0.15, 0.2) is 16.7 Å². The van der Waals surface area contributed by atoms with Gasteiger partial charge in [-0.25, -0.2) is 4.98 Å². The van der Waals surface area contributed by atoms with E-state index in [0.29, 0.717) is 23.8 Å². The van der Waals surface area contributed by atoms with Gasteiger partial charge in [0.15, 0.2) is 0 Å². The molecule has 1 unspecified atom stereocenters. The molecule has 2 rings (SSSR count). The monoisotopic (exact) mass is 426 g/mol. The number of nitrogens with one attached hydrogen (secondary N) is 2. The molecule has 132 valence electrons. The van der Waals surface area contributed by atoms with E-state index < -0.39 is 0 Å². The van der Waals surface area contributed by atoms with Crippen LogP contribution in [0.3, 0.4) is 0 Å². The first-order valence-electron chi connectivity index (χ1n) is 7.39. The molecule has 23 heavy (non-hydrogen) atoms. The number of piperidine rings is 1. The standard InChI is InChI=1S/C15H23BrN4O.2ClH/c1-20(2)14-13(8-12(16)10-19-14)15(21)18-7-5-11-4-3-6-17-9-11;;/h8,10-11,17H,3-7,9H2,1-2H3,(H,18,21);2*1H. The first-order chi connectivity index (χ1) is 10.1. The van der Waals surface area contributed by atoms with E-state index in [2.05, 4.69) is 31.5 Å². The summed E-state index contributed by atoms with van der Waals surface area (Å²) in [6.07, 6.45) is 5.22. The zero-order valence-corrected chi connectivity index (χ0v) is 16.7. The lowest BCUT2D eigenvalue weighted by Gasteiger charge is -2.22. The maximum absolute atomic E-state index is 12.3. The fraction of sp³-hybridized carbons (Fsp3) is 0.600. The Kier molecular flexibility index (Phi) is 10.8. The number of hydrogen-bond acceptors (Lipinski definition) is 4. The van der Waals surface area contributed by atoms with Crippen LogP contribution in [-0.4, -0.2) is 44.6 Å². The Morgan fingerprint density at radius 1 is 1.48 bits per heavy atom. The van der Waals surface area contributed by atoms with E-state index in [9.17, 15) is 4.79 Å². The van der Waals surface area contributed by atoms with Crippen molar-refractivity contribution in [3.05, 3.63) is 22.3 Å². The van der Waals surface area contributed by atoms with Crippen LogP contribution >= 0.6 is 40.7 Å². The number of rotatable bonds is 5. The van der Waals surface area contributed by atoms with Crippen LogP contribution in [0.4, 0.5) is 5.82 Å². The van der Waals surface area contributed by atoms with E-state index in [4.69, 9.17) is 0 Å². The third-order valence-electron chi connectivity index (χ3n) is 3.74. The predicted octanol–water partition coefficient (Wildman–Crippen LogP) is 2.87. The van der Waals surface area contributed by atoms with Gasteiger partial charge in [0.25, 0.3) is 5.91 Å². The second-order valence-electron chi connectivity index (χ2n) is 5.68. The molecule has 1 saturated heterocycles. The van der Waals surface area contributed by atoms with Crippen molar-refractivity contribution in [2.24, 2.45) is 5.92 Å². The fourth-order valence-electron chi connectivity index (χ4n) is 2.61. The Hall–Kier alpha value is -0.560. The molecule has 0 bridgehead atoms. The van der Waals surface area contributed by atoms with E-state index >= 15 is 0 Å². The summed E-state index contributed by atoms with van der Waals surface area (Å²) in [5, 5.41) is 6.42. The highest BCUT2D eigenvalue weighted by molar-refractivity contribution is 9.10. The van der Waals surface area contributed by atoms with Gasteiger partial charge in [-0.05, 0) is 60.3 Å². The third-order valence-corrected chi connectivity index (χ3v) is 4.17. The summed E-state index contributed by atoms with van der Waals surface area (Å²) >= 11 is 3.38. The van der Waals surface area contributed by atoms with Crippen molar-refractivity contribution < 1.29 is 4.79 Å². The second kappa shape index (κ2) is 11.1. The summed E-state index contributed by atoms with van der Waals surface area (Å²) in [5.41, 5.74) is 0.608. The third kappa shape index (κ3) is 6.83. The topological polar surface area (TPSA) is 57.3 Å². The second-order valence-corrected chi connectivity index (χ2v) is 6.59. The number of nitrogens with zero attached hydrogens (tertiary/aromatic N) is 2. The van der Waals surface area contributed by atoms with Crippen LogP contribution in [0.1, 0.15) is 29.6 Å². The van der Waals surface area contributed by atoms with E-state index in [-0.39, 0.29) is 30.7 Å². The molecule has 0 aromatic carbocycles. The van der Waals surface area contributed by atoms with Gasteiger partial charge in [0.2, 0.25) is 0 Å². The van der Waals surface area contributed by atoms with E-state index in [1.807, 2.05) is 25.1 Å². The molecule has 8 heteroatoms. The summed E-state index contributed by atoms with van der Waals surface area (Å²) in [6.45, 7) is 2.90. The number of carbonyl (C=O) groups excluding carboxylic acids is 1. The minimum Gasteiger partial charge on any atom is -0.362 e. The average molecular weight is 428 g/mol. The molecule has 1 amide bonds. The summed E-state index contributed by atoms with van der Waals surface area (Å²) < 4.78 is 0.815. The van der Waals surface area contributed by atoms with E-state index in [1.54, 1.807) is 6.20 Å².